The number of hydrogen-bond donors (Lipinski definition) is 0. The number of thiocarbonyl (C=S) groups is 1. The first-order valence-corrected chi connectivity index (χ1v) is 6.82. The Hall–Kier alpha value is -1.26. The summed E-state index contributed by atoms with van der Waals surface area (Å²) in [5.41, 5.74) is 2.34. The first-order valence-electron chi connectivity index (χ1n) is 6.42. The van der Waals surface area contributed by atoms with Gasteiger partial charge in [-0.15, -0.1) is 0 Å². The quantitative estimate of drug-likeness (QED) is 0.763. The fourth-order valence-electron chi connectivity index (χ4n) is 2.45. The molecule has 1 saturated heterocycles. The lowest BCUT2D eigenvalue weighted by Gasteiger charge is -2.21. The van der Waals surface area contributed by atoms with Crippen LogP contribution in [0.2, 0.25) is 0 Å². The molecule has 1 fully saturated rings. The van der Waals surface area contributed by atoms with E-state index in [1.807, 2.05) is 6.20 Å². The summed E-state index contributed by atoms with van der Waals surface area (Å²) in [6.45, 7) is 1.93. The Morgan fingerprint density at radius 3 is 2.89 bits per heavy atom. The van der Waals surface area contributed by atoms with Crippen molar-refractivity contribution in [2.45, 2.75) is 25.3 Å². The number of rotatable bonds is 2. The Balaban J connectivity index is 1.80. The molecule has 0 aromatic carbocycles. The molecular formula is C14H16N3S. The van der Waals surface area contributed by atoms with Crippen LogP contribution in [0.3, 0.4) is 0 Å². The number of piperidine rings is 1. The van der Waals surface area contributed by atoms with Gasteiger partial charge in [0.15, 0.2) is 0 Å². The minimum absolute atomic E-state index is 0.511. The van der Waals surface area contributed by atoms with Crippen LogP contribution in [0.1, 0.15) is 30.9 Å². The van der Waals surface area contributed by atoms with Crippen molar-refractivity contribution in [3.05, 3.63) is 36.2 Å². The Kier molecular flexibility index (Phi) is 3.39. The highest BCUT2D eigenvalue weighted by molar-refractivity contribution is 7.80. The average Bonchev–Trinajstić information content (AvgIpc) is 2.89. The molecule has 1 aliphatic heterocycles. The zero-order valence-electron chi connectivity index (χ0n) is 10.2. The lowest BCUT2D eigenvalue weighted by molar-refractivity contribution is 0.339. The highest BCUT2D eigenvalue weighted by Gasteiger charge is 2.17. The predicted molar refractivity (Wildman–Crippen MR) is 76.7 cm³/mol. The third-order valence-corrected chi connectivity index (χ3v) is 3.77. The third kappa shape index (κ3) is 2.44. The molecule has 1 aromatic rings. The fraction of sp³-hybridized carbons (Fsp3) is 0.429. The van der Waals surface area contributed by atoms with Crippen LogP contribution in [0.5, 0.6) is 0 Å². The SMILES string of the molecule is S=C1C=C(c2cnn(C3CC[N]CC3)c2)C=CC1. The third-order valence-electron chi connectivity index (χ3n) is 3.48. The van der Waals surface area contributed by atoms with Crippen LogP contribution in [0, 0.1) is 0 Å². The molecule has 1 aromatic heterocycles. The number of nitrogens with zero attached hydrogens (tertiary/aromatic N) is 3. The number of aromatic nitrogens is 2. The van der Waals surface area contributed by atoms with E-state index in [4.69, 9.17) is 12.2 Å². The molecule has 0 saturated carbocycles. The van der Waals surface area contributed by atoms with Gasteiger partial charge >= 0.3 is 0 Å². The van der Waals surface area contributed by atoms with Crippen LogP contribution >= 0.6 is 12.2 Å². The Labute approximate surface area is 113 Å². The second-order valence-corrected chi connectivity index (χ2v) is 5.31. The van der Waals surface area contributed by atoms with Gasteiger partial charge in [-0.2, -0.15) is 5.10 Å². The fourth-order valence-corrected chi connectivity index (χ4v) is 2.67. The van der Waals surface area contributed by atoms with E-state index in [1.165, 1.54) is 5.57 Å². The molecule has 1 radical (unpaired) electrons. The molecule has 0 spiro atoms. The molecule has 0 N–H and O–H groups in total. The van der Waals surface area contributed by atoms with E-state index in [0.29, 0.717) is 6.04 Å². The molecule has 18 heavy (non-hydrogen) atoms. The molecular weight excluding hydrogens is 242 g/mol. The van der Waals surface area contributed by atoms with E-state index >= 15 is 0 Å². The minimum atomic E-state index is 0.511. The van der Waals surface area contributed by atoms with Crippen LogP contribution in [0.15, 0.2) is 30.6 Å². The maximum absolute atomic E-state index is 5.25. The molecule has 1 aliphatic carbocycles. The van der Waals surface area contributed by atoms with Gasteiger partial charge in [-0.3, -0.25) is 4.68 Å². The number of allylic oxidation sites excluding steroid dienone is 4. The summed E-state index contributed by atoms with van der Waals surface area (Å²) in [6.07, 6.45) is 13.5. The molecule has 0 bridgehead atoms. The molecule has 2 aliphatic rings. The van der Waals surface area contributed by atoms with Gasteiger partial charge in [0.1, 0.15) is 0 Å². The van der Waals surface area contributed by atoms with Gasteiger partial charge in [0.2, 0.25) is 0 Å². The molecule has 93 valence electrons. The van der Waals surface area contributed by atoms with Gasteiger partial charge in [0, 0.05) is 36.1 Å². The molecule has 3 nitrogen and oxygen atoms in total. The molecule has 2 heterocycles. The lowest BCUT2D eigenvalue weighted by atomic mass is 10.0. The van der Waals surface area contributed by atoms with E-state index in [1.54, 1.807) is 0 Å². The van der Waals surface area contributed by atoms with E-state index in [9.17, 15) is 0 Å². The van der Waals surface area contributed by atoms with E-state index in [-0.39, 0.29) is 0 Å². The van der Waals surface area contributed by atoms with Crippen molar-refractivity contribution in [2.24, 2.45) is 0 Å². The Bertz CT molecular complexity index is 507. The topological polar surface area (TPSA) is 31.9 Å². The van der Waals surface area contributed by atoms with Crippen molar-refractivity contribution >= 4 is 22.7 Å². The predicted octanol–water partition coefficient (Wildman–Crippen LogP) is 2.54. The summed E-state index contributed by atoms with van der Waals surface area (Å²) in [5.74, 6) is 0. The van der Waals surface area contributed by atoms with Gasteiger partial charge in [-0.1, -0.05) is 24.4 Å². The van der Waals surface area contributed by atoms with Gasteiger partial charge < -0.3 is 0 Å². The highest BCUT2D eigenvalue weighted by atomic mass is 32.1. The molecule has 0 unspecified atom stereocenters. The summed E-state index contributed by atoms with van der Waals surface area (Å²) in [4.78, 5) is 0.997. The van der Waals surface area contributed by atoms with E-state index < -0.39 is 0 Å². The van der Waals surface area contributed by atoms with Crippen molar-refractivity contribution in [1.29, 1.82) is 0 Å². The zero-order chi connectivity index (χ0) is 12.4. The summed E-state index contributed by atoms with van der Waals surface area (Å²) in [6, 6.07) is 0.511. The second kappa shape index (κ2) is 5.16. The Morgan fingerprint density at radius 1 is 1.28 bits per heavy atom. The van der Waals surface area contributed by atoms with Crippen LogP contribution in [0.25, 0.3) is 5.57 Å². The standard InChI is InChI=1S/C14H16N3S/c18-14-3-1-2-11(8-14)12-9-16-17(10-12)13-4-6-15-7-5-13/h1-2,8-10,13H,3-7H2. The molecule has 0 atom stereocenters. The summed E-state index contributed by atoms with van der Waals surface area (Å²) in [7, 11) is 0. The largest absolute Gasteiger partial charge is 0.269 e. The van der Waals surface area contributed by atoms with Crippen LogP contribution in [-0.2, 0) is 0 Å². The van der Waals surface area contributed by atoms with Gasteiger partial charge in [-0.05, 0) is 24.5 Å². The Morgan fingerprint density at radius 2 is 2.11 bits per heavy atom. The number of hydrogen-bond acceptors (Lipinski definition) is 2. The van der Waals surface area contributed by atoms with Crippen molar-refractivity contribution in [2.75, 3.05) is 13.1 Å². The average molecular weight is 258 g/mol. The van der Waals surface area contributed by atoms with Crippen LogP contribution in [0.4, 0.5) is 0 Å². The van der Waals surface area contributed by atoms with Gasteiger partial charge in [0.25, 0.3) is 0 Å². The normalized spacial score (nSPS) is 21.1. The smallest absolute Gasteiger partial charge is 0.0568 e. The molecule has 3 rings (SSSR count). The summed E-state index contributed by atoms with van der Waals surface area (Å²) in [5, 5.41) is 8.88. The minimum Gasteiger partial charge on any atom is -0.269 e. The van der Waals surface area contributed by atoms with Gasteiger partial charge in [0.05, 0.1) is 12.2 Å². The van der Waals surface area contributed by atoms with Gasteiger partial charge in [-0.25, -0.2) is 5.32 Å². The van der Waals surface area contributed by atoms with Crippen LogP contribution in [-0.4, -0.2) is 27.7 Å². The van der Waals surface area contributed by atoms with Crippen molar-refractivity contribution in [1.82, 2.24) is 15.1 Å². The lowest BCUT2D eigenvalue weighted by Crippen LogP contribution is -2.25. The monoisotopic (exact) mass is 258 g/mol. The first-order chi connectivity index (χ1) is 8.83. The van der Waals surface area contributed by atoms with Crippen LogP contribution < -0.4 is 5.32 Å². The second-order valence-electron chi connectivity index (χ2n) is 4.78. The van der Waals surface area contributed by atoms with E-state index in [0.717, 1.165) is 42.8 Å². The first kappa shape index (κ1) is 11.8. The van der Waals surface area contributed by atoms with Crippen molar-refractivity contribution in [3.8, 4) is 0 Å². The van der Waals surface area contributed by atoms with Crippen molar-refractivity contribution < 1.29 is 0 Å². The maximum Gasteiger partial charge on any atom is 0.0568 e. The summed E-state index contributed by atoms with van der Waals surface area (Å²) >= 11 is 5.25. The summed E-state index contributed by atoms with van der Waals surface area (Å²) < 4.78 is 2.09. The van der Waals surface area contributed by atoms with Crippen molar-refractivity contribution in [3.63, 3.8) is 0 Å². The highest BCUT2D eigenvalue weighted by Crippen LogP contribution is 2.23. The molecule has 4 heteroatoms. The maximum atomic E-state index is 5.25. The van der Waals surface area contributed by atoms with E-state index in [2.05, 4.69) is 39.5 Å². The zero-order valence-corrected chi connectivity index (χ0v) is 11.1. The molecule has 0 amide bonds.